The van der Waals surface area contributed by atoms with E-state index >= 15 is 0 Å². The zero-order chi connectivity index (χ0) is 18.1. The van der Waals surface area contributed by atoms with E-state index in [2.05, 4.69) is 9.97 Å². The molecule has 0 saturated carbocycles. The summed E-state index contributed by atoms with van der Waals surface area (Å²) in [6, 6.07) is 11.7. The number of carbonyl (C=O) groups is 1. The van der Waals surface area contributed by atoms with Crippen LogP contribution in [0.4, 0.5) is 0 Å². The van der Waals surface area contributed by atoms with Crippen LogP contribution in [0, 0.1) is 5.41 Å². The standard InChI is InChI=1S/C17H11Cl2N3O3/c18-8-5-6-12-10(7-8)13(9-3-1-2-4-11(9)19)22-16(20)14(21-12)15(23)17(24)25/h1-7,15,20,23H,(H,24,25). The molecule has 0 bridgehead atoms. The molecule has 8 heteroatoms. The molecule has 1 heterocycles. The van der Waals surface area contributed by atoms with Gasteiger partial charge in [-0.25, -0.2) is 14.8 Å². The quantitative estimate of drug-likeness (QED) is 0.651. The molecule has 126 valence electrons. The van der Waals surface area contributed by atoms with Crippen molar-refractivity contribution in [2.75, 3.05) is 0 Å². The number of halogens is 2. The van der Waals surface area contributed by atoms with E-state index in [9.17, 15) is 9.90 Å². The van der Waals surface area contributed by atoms with Crippen LogP contribution >= 0.6 is 23.2 Å². The van der Waals surface area contributed by atoms with Crippen molar-refractivity contribution >= 4 is 40.1 Å². The average molecular weight is 376 g/mol. The summed E-state index contributed by atoms with van der Waals surface area (Å²) in [7, 11) is 0. The summed E-state index contributed by atoms with van der Waals surface area (Å²) < 4.78 is 0. The molecule has 6 nitrogen and oxygen atoms in total. The summed E-state index contributed by atoms with van der Waals surface area (Å²) in [5, 5.41) is 28.3. The maximum absolute atomic E-state index is 11.1. The summed E-state index contributed by atoms with van der Waals surface area (Å²) in [5.74, 6) is -1.52. The molecule has 3 N–H and O–H groups in total. The molecule has 0 radical (unpaired) electrons. The van der Waals surface area contributed by atoms with Crippen LogP contribution in [-0.2, 0) is 4.79 Å². The Hall–Kier alpha value is -2.54. The van der Waals surface area contributed by atoms with E-state index in [4.69, 9.17) is 33.7 Å². The highest BCUT2D eigenvalue weighted by Gasteiger charge is 2.21. The van der Waals surface area contributed by atoms with Crippen LogP contribution < -0.4 is 5.49 Å². The maximum atomic E-state index is 11.1. The number of aliphatic carboxylic acids is 1. The molecule has 25 heavy (non-hydrogen) atoms. The summed E-state index contributed by atoms with van der Waals surface area (Å²) >= 11 is 12.3. The average Bonchev–Trinajstić information content (AvgIpc) is 2.71. The SMILES string of the molecule is N=c1nc(-c2ccccc2Cl)c2cc(Cl)ccc2nc1C(O)C(=O)O. The van der Waals surface area contributed by atoms with Gasteiger partial charge >= 0.3 is 5.97 Å². The molecule has 1 unspecified atom stereocenters. The fraction of sp³-hybridized carbons (Fsp3) is 0.0588. The third-order valence-corrected chi connectivity index (χ3v) is 4.11. The van der Waals surface area contributed by atoms with E-state index in [1.54, 1.807) is 42.5 Å². The van der Waals surface area contributed by atoms with E-state index in [0.717, 1.165) is 0 Å². The van der Waals surface area contributed by atoms with Gasteiger partial charge in [0.2, 0.25) is 0 Å². The second-order valence-corrected chi connectivity index (χ2v) is 6.03. The number of hydrogen-bond acceptors (Lipinski definition) is 5. The zero-order valence-electron chi connectivity index (χ0n) is 12.6. The number of hydrogen-bond donors (Lipinski definition) is 3. The molecule has 0 aliphatic carbocycles. The van der Waals surface area contributed by atoms with E-state index in [1.807, 2.05) is 0 Å². The summed E-state index contributed by atoms with van der Waals surface area (Å²) in [5.41, 5.74) is 0.374. The Bertz CT molecular complexity index is 1060. The van der Waals surface area contributed by atoms with Crippen molar-refractivity contribution in [2.45, 2.75) is 6.10 Å². The number of rotatable bonds is 3. The highest BCUT2D eigenvalue weighted by atomic mass is 35.5. The van der Waals surface area contributed by atoms with Crippen molar-refractivity contribution in [1.82, 2.24) is 9.97 Å². The summed E-state index contributed by atoms with van der Waals surface area (Å²) in [4.78, 5) is 19.4. The minimum atomic E-state index is -1.97. The van der Waals surface area contributed by atoms with Gasteiger partial charge in [0, 0.05) is 21.0 Å². The predicted molar refractivity (Wildman–Crippen MR) is 93.4 cm³/mol. The van der Waals surface area contributed by atoms with Crippen molar-refractivity contribution < 1.29 is 15.0 Å². The number of fused-ring (bicyclic) bond motifs is 1. The Balaban J connectivity index is 2.47. The Kier molecular flexibility index (Phi) is 4.67. The number of nitrogens with one attached hydrogen (secondary N) is 1. The first-order valence-corrected chi connectivity index (χ1v) is 7.86. The molecular weight excluding hydrogens is 365 g/mol. The maximum Gasteiger partial charge on any atom is 0.339 e. The molecule has 0 amide bonds. The van der Waals surface area contributed by atoms with E-state index in [1.165, 1.54) is 0 Å². The zero-order valence-corrected chi connectivity index (χ0v) is 14.1. The fourth-order valence-electron chi connectivity index (χ4n) is 2.37. The van der Waals surface area contributed by atoms with Crippen molar-refractivity contribution in [3.63, 3.8) is 0 Å². The predicted octanol–water partition coefficient (Wildman–Crippen LogP) is 3.20. The lowest BCUT2D eigenvalue weighted by atomic mass is 10.1. The van der Waals surface area contributed by atoms with Crippen LogP contribution in [0.1, 0.15) is 11.8 Å². The Morgan fingerprint density at radius 2 is 1.84 bits per heavy atom. The summed E-state index contributed by atoms with van der Waals surface area (Å²) in [6.45, 7) is 0. The third kappa shape index (κ3) is 3.32. The van der Waals surface area contributed by atoms with Crippen LogP contribution in [0.2, 0.25) is 10.0 Å². The fourth-order valence-corrected chi connectivity index (χ4v) is 2.77. The molecule has 3 aromatic rings. The molecule has 0 saturated heterocycles. The highest BCUT2D eigenvalue weighted by Crippen LogP contribution is 2.31. The van der Waals surface area contributed by atoms with Crippen molar-refractivity contribution in [3.8, 4) is 11.3 Å². The number of carboxylic acid groups (broad SMARTS) is 1. The topological polar surface area (TPSA) is 107 Å². The lowest BCUT2D eigenvalue weighted by molar-refractivity contribution is -0.147. The number of nitrogens with zero attached hydrogens (tertiary/aromatic N) is 2. The van der Waals surface area contributed by atoms with Gasteiger partial charge < -0.3 is 10.2 Å². The molecule has 0 aliphatic heterocycles. The molecule has 3 rings (SSSR count). The number of aliphatic hydroxyl groups excluding tert-OH is 1. The molecule has 0 fully saturated rings. The monoisotopic (exact) mass is 375 g/mol. The van der Waals surface area contributed by atoms with Crippen molar-refractivity contribution in [3.05, 3.63) is 63.7 Å². The number of carboxylic acids is 1. The minimum Gasteiger partial charge on any atom is -0.479 e. The first-order chi connectivity index (χ1) is 11.9. The van der Waals surface area contributed by atoms with Gasteiger partial charge in [-0.15, -0.1) is 0 Å². The second-order valence-electron chi connectivity index (χ2n) is 5.19. The molecule has 1 aromatic heterocycles. The Labute approximate surface area is 151 Å². The van der Waals surface area contributed by atoms with Crippen LogP contribution in [0.25, 0.3) is 22.2 Å². The minimum absolute atomic E-state index is 0.324. The van der Waals surface area contributed by atoms with Gasteiger partial charge in [0.05, 0.1) is 11.2 Å². The summed E-state index contributed by atoms with van der Waals surface area (Å²) in [6.07, 6.45) is -1.97. The van der Waals surface area contributed by atoms with Gasteiger partial charge in [0.15, 0.2) is 11.6 Å². The largest absolute Gasteiger partial charge is 0.479 e. The van der Waals surface area contributed by atoms with Gasteiger partial charge in [0.1, 0.15) is 5.69 Å². The van der Waals surface area contributed by atoms with Crippen molar-refractivity contribution in [1.29, 1.82) is 5.41 Å². The molecular formula is C17H11Cl2N3O3. The van der Waals surface area contributed by atoms with Crippen LogP contribution in [-0.4, -0.2) is 26.2 Å². The highest BCUT2D eigenvalue weighted by molar-refractivity contribution is 6.34. The normalized spacial score (nSPS) is 12.1. The molecule has 0 spiro atoms. The van der Waals surface area contributed by atoms with Gasteiger partial charge in [-0.3, -0.25) is 5.41 Å². The number of aliphatic hydroxyl groups is 1. The van der Waals surface area contributed by atoms with Gasteiger partial charge in [-0.2, -0.15) is 0 Å². The van der Waals surface area contributed by atoms with E-state index in [0.29, 0.717) is 32.2 Å². The molecule has 2 aromatic carbocycles. The first kappa shape index (κ1) is 17.3. The lowest BCUT2D eigenvalue weighted by Crippen LogP contribution is -2.21. The Morgan fingerprint density at radius 3 is 2.52 bits per heavy atom. The second kappa shape index (κ2) is 6.76. The Morgan fingerprint density at radius 1 is 1.12 bits per heavy atom. The molecule has 0 aliphatic rings. The van der Waals surface area contributed by atoms with Crippen LogP contribution in [0.3, 0.4) is 0 Å². The van der Waals surface area contributed by atoms with Gasteiger partial charge in [0.25, 0.3) is 0 Å². The van der Waals surface area contributed by atoms with Gasteiger partial charge in [-0.1, -0.05) is 41.4 Å². The van der Waals surface area contributed by atoms with E-state index in [-0.39, 0.29) is 5.69 Å². The van der Waals surface area contributed by atoms with Gasteiger partial charge in [-0.05, 0) is 24.3 Å². The smallest absolute Gasteiger partial charge is 0.339 e. The lowest BCUT2D eigenvalue weighted by Gasteiger charge is -2.04. The van der Waals surface area contributed by atoms with Crippen LogP contribution in [0.15, 0.2) is 42.5 Å². The number of aromatic nitrogens is 2. The number of benzene rings is 2. The van der Waals surface area contributed by atoms with Crippen molar-refractivity contribution in [2.24, 2.45) is 0 Å². The first-order valence-electron chi connectivity index (χ1n) is 7.10. The molecule has 1 atom stereocenters. The van der Waals surface area contributed by atoms with E-state index < -0.39 is 17.6 Å². The third-order valence-electron chi connectivity index (χ3n) is 3.54. The van der Waals surface area contributed by atoms with Crippen LogP contribution in [0.5, 0.6) is 0 Å².